The molecule has 0 saturated carbocycles. The highest BCUT2D eigenvalue weighted by Crippen LogP contribution is 2.44. The Hall–Kier alpha value is -2.86. The molecule has 0 aliphatic heterocycles. The molecule has 2 aromatic rings. The van der Waals surface area contributed by atoms with Crippen molar-refractivity contribution in [2.45, 2.75) is 238 Å². The van der Waals surface area contributed by atoms with E-state index in [1.54, 1.807) is 0 Å². The molecule has 1 atom stereocenters. The highest BCUT2D eigenvalue weighted by Gasteiger charge is 2.30. The first-order valence-electron chi connectivity index (χ1n) is 26.1. The predicted molar refractivity (Wildman–Crippen MR) is 259 cm³/mol. The molecule has 2 amide bonds. The molecule has 6 heteroatoms. The average molecular weight is 845 g/mol. The molecule has 0 fully saturated rings. The van der Waals surface area contributed by atoms with E-state index < -0.39 is 12.1 Å². The van der Waals surface area contributed by atoms with E-state index in [1.165, 1.54) is 191 Å². The third-order valence-corrected chi connectivity index (χ3v) is 13.2. The van der Waals surface area contributed by atoms with Crippen LogP contribution in [0, 0.1) is 0 Å². The molecular formula is C55H92N2O4. The number of ether oxygens (including phenoxy) is 1. The molecule has 0 heterocycles. The van der Waals surface area contributed by atoms with Crippen LogP contribution in [0.3, 0.4) is 0 Å². The van der Waals surface area contributed by atoms with E-state index in [0.29, 0.717) is 13.1 Å². The normalized spacial score (nSPS) is 12.6. The van der Waals surface area contributed by atoms with Gasteiger partial charge in [0.15, 0.2) is 0 Å². The Morgan fingerprint density at radius 3 is 1.20 bits per heavy atom. The van der Waals surface area contributed by atoms with Crippen molar-refractivity contribution in [3.8, 4) is 11.1 Å². The van der Waals surface area contributed by atoms with Crippen LogP contribution in [-0.4, -0.2) is 54.4 Å². The molecular weight excluding hydrogens is 753 g/mol. The van der Waals surface area contributed by atoms with Gasteiger partial charge in [0.1, 0.15) is 12.6 Å². The minimum absolute atomic E-state index is 0.0496. The number of unbranched alkanes of at least 4 members (excludes halogenated alkanes) is 30. The van der Waals surface area contributed by atoms with Gasteiger partial charge in [-0.2, -0.15) is 0 Å². The molecule has 1 aliphatic carbocycles. The van der Waals surface area contributed by atoms with E-state index >= 15 is 0 Å². The number of aliphatic hydroxyl groups is 1. The molecule has 1 unspecified atom stereocenters. The van der Waals surface area contributed by atoms with Gasteiger partial charge < -0.3 is 20.1 Å². The number of nitrogens with zero attached hydrogens (tertiary/aromatic N) is 1. The zero-order valence-corrected chi connectivity index (χ0v) is 39.6. The summed E-state index contributed by atoms with van der Waals surface area (Å²) in [7, 11) is 0. The lowest BCUT2D eigenvalue weighted by atomic mass is 9.98. The number of carbonyl (C=O) groups is 2. The summed E-state index contributed by atoms with van der Waals surface area (Å²) in [6, 6.07) is 15.8. The van der Waals surface area contributed by atoms with Gasteiger partial charge in [-0.05, 0) is 41.5 Å². The Balaban J connectivity index is 1.38. The van der Waals surface area contributed by atoms with Crippen molar-refractivity contribution in [2.75, 3.05) is 26.3 Å². The van der Waals surface area contributed by atoms with Crippen LogP contribution in [0.15, 0.2) is 48.5 Å². The number of alkyl carbamates (subject to hydrolysis) is 1. The Morgan fingerprint density at radius 2 is 0.852 bits per heavy atom. The Morgan fingerprint density at radius 1 is 0.525 bits per heavy atom. The molecule has 3 rings (SSSR count). The van der Waals surface area contributed by atoms with Gasteiger partial charge in [-0.15, -0.1) is 0 Å². The van der Waals surface area contributed by atoms with E-state index in [9.17, 15) is 14.7 Å². The highest BCUT2D eigenvalue weighted by molar-refractivity contribution is 5.86. The smallest absolute Gasteiger partial charge is 0.407 e. The Bertz CT molecular complexity index is 1300. The highest BCUT2D eigenvalue weighted by atomic mass is 16.5. The van der Waals surface area contributed by atoms with Gasteiger partial charge in [-0.3, -0.25) is 4.79 Å². The second-order valence-electron chi connectivity index (χ2n) is 18.5. The van der Waals surface area contributed by atoms with Gasteiger partial charge in [0, 0.05) is 25.6 Å². The fourth-order valence-electron chi connectivity index (χ4n) is 9.42. The number of benzene rings is 2. The van der Waals surface area contributed by atoms with Crippen LogP contribution in [0.5, 0.6) is 0 Å². The Labute approximate surface area is 375 Å². The summed E-state index contributed by atoms with van der Waals surface area (Å²) in [6.45, 7) is 5.99. The minimum Gasteiger partial charge on any atom is -0.449 e. The topological polar surface area (TPSA) is 78.9 Å². The van der Waals surface area contributed by atoms with Gasteiger partial charge in [-0.25, -0.2) is 4.79 Å². The summed E-state index contributed by atoms with van der Waals surface area (Å²) in [5, 5.41) is 12.9. The maximum absolute atomic E-state index is 14.1. The molecule has 2 aromatic carbocycles. The zero-order chi connectivity index (χ0) is 43.4. The molecule has 0 bridgehead atoms. The van der Waals surface area contributed by atoms with Crippen LogP contribution in [-0.2, 0) is 9.53 Å². The van der Waals surface area contributed by atoms with Gasteiger partial charge >= 0.3 is 6.09 Å². The number of amides is 2. The first-order valence-corrected chi connectivity index (χ1v) is 26.1. The third kappa shape index (κ3) is 22.9. The van der Waals surface area contributed by atoms with E-state index in [0.717, 1.165) is 36.8 Å². The monoisotopic (exact) mass is 845 g/mol. The van der Waals surface area contributed by atoms with Crippen molar-refractivity contribution in [2.24, 2.45) is 0 Å². The molecule has 6 nitrogen and oxygen atoms in total. The maximum atomic E-state index is 14.1. The van der Waals surface area contributed by atoms with Crippen LogP contribution in [0.1, 0.15) is 243 Å². The SMILES string of the molecule is CCCCCCCCCCCCCCCCCCN(CCCCCCCCCCCCCCCCCC)C(=O)C(CCO)NC(=O)OCC1c2ccccc2-c2ccccc21. The number of carbonyl (C=O) groups excluding carboxylic acids is 2. The zero-order valence-electron chi connectivity index (χ0n) is 39.6. The molecule has 0 spiro atoms. The van der Waals surface area contributed by atoms with Gasteiger partial charge in [-0.1, -0.05) is 255 Å². The predicted octanol–water partition coefficient (Wildman–Crippen LogP) is 15.6. The van der Waals surface area contributed by atoms with Crippen molar-refractivity contribution in [1.82, 2.24) is 10.2 Å². The molecule has 346 valence electrons. The first kappa shape index (κ1) is 52.5. The molecule has 1 aliphatic rings. The van der Waals surface area contributed by atoms with Crippen LogP contribution in [0.25, 0.3) is 11.1 Å². The Kier molecular flexibility index (Phi) is 30.6. The summed E-state index contributed by atoms with van der Waals surface area (Å²) in [5.74, 6) is -0.143. The quantitative estimate of drug-likeness (QED) is 0.0655. The summed E-state index contributed by atoms with van der Waals surface area (Å²) in [6.07, 6.45) is 41.8. The second kappa shape index (κ2) is 35.6. The lowest BCUT2D eigenvalue weighted by molar-refractivity contribution is -0.134. The average Bonchev–Trinajstić information content (AvgIpc) is 3.60. The minimum atomic E-state index is -0.803. The molecule has 0 saturated heterocycles. The van der Waals surface area contributed by atoms with Crippen molar-refractivity contribution in [3.05, 3.63) is 59.7 Å². The van der Waals surface area contributed by atoms with Crippen LogP contribution >= 0.6 is 0 Å². The summed E-state index contributed by atoms with van der Waals surface area (Å²) in [5.41, 5.74) is 4.67. The summed E-state index contributed by atoms with van der Waals surface area (Å²) < 4.78 is 5.83. The number of rotatable bonds is 40. The van der Waals surface area contributed by atoms with Crippen molar-refractivity contribution in [3.63, 3.8) is 0 Å². The molecule has 61 heavy (non-hydrogen) atoms. The number of hydrogen-bond acceptors (Lipinski definition) is 4. The van der Waals surface area contributed by atoms with E-state index in [4.69, 9.17) is 4.74 Å². The molecule has 0 radical (unpaired) electrons. The number of nitrogens with one attached hydrogen (secondary N) is 1. The lowest BCUT2D eigenvalue weighted by Crippen LogP contribution is -2.49. The van der Waals surface area contributed by atoms with Crippen LogP contribution in [0.4, 0.5) is 4.79 Å². The number of fused-ring (bicyclic) bond motifs is 3. The van der Waals surface area contributed by atoms with Crippen molar-refractivity contribution in [1.29, 1.82) is 0 Å². The third-order valence-electron chi connectivity index (χ3n) is 13.2. The number of aliphatic hydroxyl groups excluding tert-OH is 1. The summed E-state index contributed by atoms with van der Waals surface area (Å²) in [4.78, 5) is 29.3. The molecule has 2 N–H and O–H groups in total. The van der Waals surface area contributed by atoms with Crippen molar-refractivity contribution < 1.29 is 19.4 Å². The second-order valence-corrected chi connectivity index (χ2v) is 18.5. The van der Waals surface area contributed by atoms with E-state index in [1.807, 2.05) is 29.2 Å². The maximum Gasteiger partial charge on any atom is 0.407 e. The lowest BCUT2D eigenvalue weighted by Gasteiger charge is -2.28. The fourth-order valence-corrected chi connectivity index (χ4v) is 9.42. The van der Waals surface area contributed by atoms with E-state index in [2.05, 4.69) is 43.4 Å². The fraction of sp³-hybridized carbons (Fsp3) is 0.745. The van der Waals surface area contributed by atoms with Gasteiger partial charge in [0.25, 0.3) is 0 Å². The first-order chi connectivity index (χ1) is 30.1. The number of hydrogen-bond donors (Lipinski definition) is 2. The summed E-state index contributed by atoms with van der Waals surface area (Å²) >= 11 is 0. The standard InChI is InChI=1S/C55H92N2O4/c1-3-5-7-9-11-13-15-17-19-21-23-25-27-29-31-37-44-57(45-38-32-30-28-26-24-22-20-18-16-14-12-10-8-6-4-2)54(59)53(43-46-58)56-55(60)61-47-52-50-41-35-33-39-48(50)49-40-34-36-42-51(49)52/h33-36,39-42,52-53,58H,3-32,37-38,43-47H2,1-2H3,(H,56,60). The van der Waals surface area contributed by atoms with Gasteiger partial charge in [0.05, 0.1) is 0 Å². The van der Waals surface area contributed by atoms with E-state index in [-0.39, 0.29) is 31.5 Å². The van der Waals surface area contributed by atoms with Crippen LogP contribution < -0.4 is 5.32 Å². The largest absolute Gasteiger partial charge is 0.449 e. The van der Waals surface area contributed by atoms with Gasteiger partial charge in [0.2, 0.25) is 5.91 Å². The molecule has 0 aromatic heterocycles. The van der Waals surface area contributed by atoms with Crippen LogP contribution in [0.2, 0.25) is 0 Å². The van der Waals surface area contributed by atoms with Crippen molar-refractivity contribution >= 4 is 12.0 Å².